The molecule has 1 heterocycles. The summed E-state index contributed by atoms with van der Waals surface area (Å²) in [6.45, 7) is 13.5. The van der Waals surface area contributed by atoms with E-state index in [1.807, 2.05) is 11.8 Å². The summed E-state index contributed by atoms with van der Waals surface area (Å²) >= 11 is 3.68. The number of aryl methyl sites for hydroxylation is 1. The van der Waals surface area contributed by atoms with Crippen LogP contribution in [0, 0.1) is 18.9 Å². The molecule has 46 heavy (non-hydrogen) atoms. The summed E-state index contributed by atoms with van der Waals surface area (Å²) in [5, 5.41) is 3.19. The number of halogens is 2. The van der Waals surface area contributed by atoms with Gasteiger partial charge in [-0.1, -0.05) is 135 Å². The van der Waals surface area contributed by atoms with Gasteiger partial charge in [0.1, 0.15) is 0 Å². The van der Waals surface area contributed by atoms with Crippen LogP contribution >= 0.6 is 11.8 Å². The molecule has 0 fully saturated rings. The number of hydrogen-bond donors (Lipinski definition) is 0. The van der Waals surface area contributed by atoms with Crippen molar-refractivity contribution in [3.8, 4) is 22.3 Å². The van der Waals surface area contributed by atoms with Crippen molar-refractivity contribution in [1.82, 2.24) is 0 Å². The van der Waals surface area contributed by atoms with Crippen molar-refractivity contribution in [1.29, 1.82) is 0 Å². The summed E-state index contributed by atoms with van der Waals surface area (Å²) in [7, 11) is 0. The topological polar surface area (TPSA) is 0 Å². The van der Waals surface area contributed by atoms with Gasteiger partial charge in [-0.2, -0.15) is 23.3 Å². The molecule has 0 bridgehead atoms. The second-order valence-electron chi connectivity index (χ2n) is 12.0. The van der Waals surface area contributed by atoms with Crippen molar-refractivity contribution in [2.75, 3.05) is 0 Å². The zero-order valence-electron chi connectivity index (χ0n) is 27.4. The van der Waals surface area contributed by atoms with Crippen LogP contribution in [0.25, 0.3) is 38.6 Å². The van der Waals surface area contributed by atoms with Crippen LogP contribution in [0.1, 0.15) is 31.9 Å². The van der Waals surface area contributed by atoms with Crippen LogP contribution in [0.15, 0.2) is 137 Å². The first-order chi connectivity index (χ1) is 21.2. The van der Waals surface area contributed by atoms with E-state index in [-0.39, 0.29) is 30.2 Å². The zero-order chi connectivity index (χ0) is 31.2. The molecule has 0 saturated heterocycles. The molecule has 0 radical (unpaired) electrons. The molecular weight excluding hydrogens is 715 g/mol. The molecule has 5 aromatic carbocycles. The Labute approximate surface area is 308 Å². The Balaban J connectivity index is 0.000000219. The smallest absolute Gasteiger partial charge is 0.0277 e. The number of hydrogen-bond acceptors (Lipinski definition) is 1. The van der Waals surface area contributed by atoms with Crippen molar-refractivity contribution >= 4 is 33.5 Å². The van der Waals surface area contributed by atoms with E-state index in [4.69, 9.17) is 0 Å². The summed E-state index contributed by atoms with van der Waals surface area (Å²) in [5.74, 6) is 0.559. The summed E-state index contributed by atoms with van der Waals surface area (Å²) in [4.78, 5) is 1.34. The van der Waals surface area contributed by atoms with Gasteiger partial charge >= 0.3 is 41.9 Å². The fourth-order valence-electron chi connectivity index (χ4n) is 5.65. The molecule has 0 nitrogen and oxygen atoms in total. The first-order valence-corrected chi connectivity index (χ1v) is 22.4. The predicted octanol–water partition coefficient (Wildman–Crippen LogP) is 5.85. The Hall–Kier alpha value is -2.26. The second-order valence-corrected chi connectivity index (χ2v) is 22.7. The standard InChI is InChI=1S/C22H17.C17H17S.C2H6Si.2ClH.Zr/c1-16-12-20-14-19(17-8-4-2-5-9-17)15-22(21(20)13-16)18-10-6-3-7-11-18;1-11(2)14-9-15-16(10-14)18-12(3)17(15)13-7-5-4-6-8-13;1-3-2;;;/h2-15H,1H3;4-9,11-12H,1-3H3;1-2H3;2*1H;/q2*-1;;;;+2/p-2. The molecule has 0 N–H and O–H groups in total. The predicted molar refractivity (Wildman–Crippen MR) is 193 cm³/mol. The Morgan fingerprint density at radius 3 is 1.83 bits per heavy atom. The van der Waals surface area contributed by atoms with Gasteiger partial charge in [-0.15, -0.1) is 45.1 Å². The first kappa shape index (κ1) is 38.2. The molecule has 7 rings (SSSR count). The molecule has 1 atom stereocenters. The fourth-order valence-corrected chi connectivity index (χ4v) is 6.85. The third-order valence-electron chi connectivity index (χ3n) is 7.66. The summed E-state index contributed by atoms with van der Waals surface area (Å²) < 4.78 is 0. The van der Waals surface area contributed by atoms with Gasteiger partial charge in [0.05, 0.1) is 0 Å². The molecule has 0 amide bonds. The monoisotopic (exact) mass is 752 g/mol. The van der Waals surface area contributed by atoms with Crippen molar-refractivity contribution < 1.29 is 48.1 Å². The SMILES string of the molecule is CC(C)C1=CC2=C(c3ccccc3)C(C)SC2=[C-]1.C[Si](C)=[Zr+2].Cc1cc2c(-c3ccccc3)cc(-c3ccccc3)cc2[cH-]1.[Cl-].[Cl-]. The van der Waals surface area contributed by atoms with Crippen LogP contribution in [0.4, 0.5) is 0 Å². The van der Waals surface area contributed by atoms with Crippen LogP contribution in [-0.4, -0.2) is 10.7 Å². The molecule has 2 aliphatic rings. The Morgan fingerprint density at radius 1 is 0.761 bits per heavy atom. The van der Waals surface area contributed by atoms with Gasteiger partial charge in [-0.25, -0.2) is 6.08 Å². The molecule has 0 spiro atoms. The van der Waals surface area contributed by atoms with E-state index in [2.05, 4.69) is 168 Å². The maximum absolute atomic E-state index is 3.57. The van der Waals surface area contributed by atoms with Gasteiger partial charge in [0, 0.05) is 5.25 Å². The number of fused-ring (bicyclic) bond motifs is 2. The molecule has 5 heteroatoms. The third kappa shape index (κ3) is 9.42. The van der Waals surface area contributed by atoms with Crippen LogP contribution in [0.2, 0.25) is 13.1 Å². The average Bonchev–Trinajstić information content (AvgIpc) is 3.69. The minimum Gasteiger partial charge on any atom is -1.00 e. The largest absolute Gasteiger partial charge is 1.00 e. The molecule has 1 unspecified atom stereocenters. The Morgan fingerprint density at radius 2 is 1.28 bits per heavy atom. The minimum atomic E-state index is 0. The van der Waals surface area contributed by atoms with Gasteiger partial charge in [-0.3, -0.25) is 0 Å². The van der Waals surface area contributed by atoms with Crippen molar-refractivity contribution in [2.24, 2.45) is 5.92 Å². The molecule has 5 aromatic rings. The van der Waals surface area contributed by atoms with Crippen LogP contribution in [-0.2, 0) is 23.3 Å². The number of benzene rings is 4. The summed E-state index contributed by atoms with van der Waals surface area (Å²) in [5.41, 5.74) is 12.2. The van der Waals surface area contributed by atoms with E-state index < -0.39 is 0 Å². The van der Waals surface area contributed by atoms with Gasteiger partial charge in [0.2, 0.25) is 0 Å². The minimum absolute atomic E-state index is 0. The summed E-state index contributed by atoms with van der Waals surface area (Å²) in [6.07, 6.45) is 5.90. The van der Waals surface area contributed by atoms with Gasteiger partial charge in [-0.05, 0) is 29.5 Å². The van der Waals surface area contributed by atoms with Crippen LogP contribution in [0.3, 0.4) is 0 Å². The third-order valence-corrected chi connectivity index (χ3v) is 8.81. The normalized spacial score (nSPS) is 14.6. The van der Waals surface area contributed by atoms with Crippen LogP contribution in [0.5, 0.6) is 0 Å². The molecule has 1 aliphatic heterocycles. The summed E-state index contributed by atoms with van der Waals surface area (Å²) in [6, 6.07) is 41.1. The molecule has 1 aliphatic carbocycles. The second kappa shape index (κ2) is 17.8. The zero-order valence-corrected chi connectivity index (χ0v) is 33.2. The van der Waals surface area contributed by atoms with E-state index >= 15 is 0 Å². The maximum Gasteiger partial charge on any atom is -0.0277 e. The Kier molecular flexibility index (Phi) is 14.7. The number of allylic oxidation sites excluding steroid dienone is 4. The fraction of sp³-hybridized carbons (Fsp3) is 0.195. The first-order valence-electron chi connectivity index (χ1n) is 15.4. The van der Waals surface area contributed by atoms with E-state index in [9.17, 15) is 0 Å². The molecule has 0 aromatic heterocycles. The molecular formula is C41H40Cl2SSiZr-2. The van der Waals surface area contributed by atoms with E-state index in [1.54, 1.807) is 23.3 Å². The van der Waals surface area contributed by atoms with Gasteiger partial charge < -0.3 is 24.8 Å². The van der Waals surface area contributed by atoms with E-state index in [0.717, 1.165) is 0 Å². The quantitative estimate of drug-likeness (QED) is 0.164. The maximum atomic E-state index is 3.57. The van der Waals surface area contributed by atoms with Gasteiger partial charge in [0.25, 0.3) is 0 Å². The van der Waals surface area contributed by atoms with Crippen molar-refractivity contribution in [3.05, 3.63) is 155 Å². The van der Waals surface area contributed by atoms with Crippen molar-refractivity contribution in [3.63, 3.8) is 0 Å². The molecule has 234 valence electrons. The van der Waals surface area contributed by atoms with Crippen molar-refractivity contribution in [2.45, 2.75) is 46.0 Å². The molecule has 0 saturated carbocycles. The van der Waals surface area contributed by atoms with Crippen LogP contribution < -0.4 is 24.8 Å². The average molecular weight is 755 g/mol. The van der Waals surface area contributed by atoms with Gasteiger partial charge in [0.15, 0.2) is 0 Å². The number of rotatable bonds is 4. The van der Waals surface area contributed by atoms with E-state index in [1.165, 1.54) is 65.8 Å². The number of thioether (sulfide) groups is 1. The Bertz CT molecular complexity index is 1850. The van der Waals surface area contributed by atoms with E-state index in [0.29, 0.717) is 11.2 Å².